The van der Waals surface area contributed by atoms with Crippen LogP contribution in [0, 0.1) is 5.92 Å². The lowest BCUT2D eigenvalue weighted by Crippen LogP contribution is -2.37. The molecule has 1 saturated heterocycles. The Morgan fingerprint density at radius 3 is 2.49 bits per heavy atom. The van der Waals surface area contributed by atoms with Gasteiger partial charge in [0.1, 0.15) is 5.65 Å². The third-order valence-corrected chi connectivity index (χ3v) is 7.76. The first kappa shape index (κ1) is 25.7. The van der Waals surface area contributed by atoms with E-state index >= 15 is 0 Å². The molecule has 8 heteroatoms. The van der Waals surface area contributed by atoms with Gasteiger partial charge >= 0.3 is 0 Å². The molecule has 2 fully saturated rings. The molecular weight excluding hydrogens is 466 g/mol. The summed E-state index contributed by atoms with van der Waals surface area (Å²) in [5.41, 5.74) is 2.76. The molecule has 1 saturated carbocycles. The normalized spacial score (nSPS) is 18.8. The van der Waals surface area contributed by atoms with Crippen LogP contribution in [-0.2, 0) is 4.74 Å². The summed E-state index contributed by atoms with van der Waals surface area (Å²) in [5, 5.41) is 13.6. The average molecular weight is 506 g/mol. The first-order valence-corrected chi connectivity index (χ1v) is 13.8. The number of piperidine rings is 1. The van der Waals surface area contributed by atoms with E-state index < -0.39 is 6.10 Å². The van der Waals surface area contributed by atoms with Gasteiger partial charge in [-0.15, -0.1) is 0 Å². The highest BCUT2D eigenvalue weighted by Crippen LogP contribution is 2.32. The molecule has 2 aromatic heterocycles. The number of pyridine rings is 1. The zero-order chi connectivity index (χ0) is 25.8. The monoisotopic (exact) mass is 505 g/mol. The van der Waals surface area contributed by atoms with Crippen molar-refractivity contribution in [2.75, 3.05) is 29.9 Å². The minimum Gasteiger partial charge on any atom is -0.391 e. The summed E-state index contributed by atoms with van der Waals surface area (Å²) in [4.78, 5) is 24.5. The molecule has 1 aliphatic carbocycles. The fourth-order valence-corrected chi connectivity index (χ4v) is 5.80. The highest BCUT2D eigenvalue weighted by atomic mass is 16.5. The molecule has 0 spiro atoms. The number of nitrogens with zero attached hydrogens (tertiary/aromatic N) is 4. The summed E-state index contributed by atoms with van der Waals surface area (Å²) in [6.45, 7) is 6.15. The van der Waals surface area contributed by atoms with Crippen molar-refractivity contribution in [1.82, 2.24) is 14.5 Å². The van der Waals surface area contributed by atoms with Crippen molar-refractivity contribution in [3.05, 3.63) is 52.9 Å². The summed E-state index contributed by atoms with van der Waals surface area (Å²) < 4.78 is 7.63. The third-order valence-electron chi connectivity index (χ3n) is 7.76. The van der Waals surface area contributed by atoms with Gasteiger partial charge in [0.2, 0.25) is 5.95 Å². The van der Waals surface area contributed by atoms with E-state index in [1.807, 2.05) is 22.8 Å². The summed E-state index contributed by atoms with van der Waals surface area (Å²) >= 11 is 0. The Hall–Kier alpha value is -2.97. The van der Waals surface area contributed by atoms with Crippen molar-refractivity contribution in [3.8, 4) is 0 Å². The fourth-order valence-electron chi connectivity index (χ4n) is 5.80. The van der Waals surface area contributed by atoms with Gasteiger partial charge in [-0.3, -0.25) is 9.36 Å². The lowest BCUT2D eigenvalue weighted by Gasteiger charge is -2.33. The van der Waals surface area contributed by atoms with E-state index in [0.717, 1.165) is 43.4 Å². The Labute approximate surface area is 218 Å². The predicted octanol–water partition coefficient (Wildman–Crippen LogP) is 5.04. The van der Waals surface area contributed by atoms with Gasteiger partial charge in [-0.2, -0.15) is 4.98 Å². The number of benzene rings is 1. The van der Waals surface area contributed by atoms with Crippen molar-refractivity contribution in [2.45, 2.75) is 77.0 Å². The van der Waals surface area contributed by atoms with E-state index in [0.29, 0.717) is 24.1 Å². The van der Waals surface area contributed by atoms with Gasteiger partial charge in [0.15, 0.2) is 0 Å². The maximum Gasteiger partial charge on any atom is 0.252 e. The van der Waals surface area contributed by atoms with E-state index in [1.54, 1.807) is 19.2 Å². The van der Waals surface area contributed by atoms with Crippen LogP contribution in [0.25, 0.3) is 11.0 Å². The smallest absolute Gasteiger partial charge is 0.252 e. The lowest BCUT2D eigenvalue weighted by molar-refractivity contribution is -0.0124. The van der Waals surface area contributed by atoms with E-state index in [4.69, 9.17) is 9.72 Å². The molecule has 8 nitrogen and oxygen atoms in total. The Kier molecular flexibility index (Phi) is 8.05. The molecule has 2 aliphatic rings. The molecule has 0 bridgehead atoms. The van der Waals surface area contributed by atoms with Crippen molar-refractivity contribution < 1.29 is 9.84 Å². The number of ether oxygens (including phenoxy) is 1. The number of hydrogen-bond donors (Lipinski definition) is 2. The molecule has 3 heterocycles. The van der Waals surface area contributed by atoms with Crippen molar-refractivity contribution in [1.29, 1.82) is 0 Å². The van der Waals surface area contributed by atoms with E-state index in [1.165, 1.54) is 31.4 Å². The minimum absolute atomic E-state index is 0.00737. The Balaban J connectivity index is 1.26. The Morgan fingerprint density at radius 1 is 1.05 bits per heavy atom. The number of fused-ring (bicyclic) bond motifs is 1. The fraction of sp³-hybridized carbons (Fsp3) is 0.552. The number of nitrogens with one attached hydrogen (secondary N) is 1. The first-order valence-electron chi connectivity index (χ1n) is 13.8. The van der Waals surface area contributed by atoms with Crippen LogP contribution in [0.5, 0.6) is 0 Å². The maximum absolute atomic E-state index is 12.9. The predicted molar refractivity (Wildman–Crippen MR) is 148 cm³/mol. The van der Waals surface area contributed by atoms with Gasteiger partial charge in [0, 0.05) is 48.2 Å². The molecule has 198 valence electrons. The van der Waals surface area contributed by atoms with Crippen molar-refractivity contribution >= 4 is 28.4 Å². The molecule has 37 heavy (non-hydrogen) atoms. The van der Waals surface area contributed by atoms with Gasteiger partial charge < -0.3 is 20.1 Å². The molecule has 2 atom stereocenters. The van der Waals surface area contributed by atoms with Gasteiger partial charge in [-0.05, 0) is 69.4 Å². The Morgan fingerprint density at radius 2 is 1.78 bits per heavy atom. The lowest BCUT2D eigenvalue weighted by atomic mass is 9.99. The van der Waals surface area contributed by atoms with Crippen molar-refractivity contribution in [2.24, 2.45) is 5.92 Å². The van der Waals surface area contributed by atoms with E-state index in [9.17, 15) is 9.90 Å². The quantitative estimate of drug-likeness (QED) is 0.421. The summed E-state index contributed by atoms with van der Waals surface area (Å²) in [7, 11) is 0. The number of anilines is 3. The number of aromatic nitrogens is 3. The van der Waals surface area contributed by atoms with Crippen molar-refractivity contribution in [3.63, 3.8) is 0 Å². The van der Waals surface area contributed by atoms with Crippen LogP contribution < -0.4 is 15.8 Å². The first-order chi connectivity index (χ1) is 18.0. The van der Waals surface area contributed by atoms with Crippen LogP contribution in [-0.4, -0.2) is 51.5 Å². The average Bonchev–Trinajstić information content (AvgIpc) is 3.41. The van der Waals surface area contributed by atoms with E-state index in [2.05, 4.69) is 34.3 Å². The Bertz CT molecular complexity index is 1230. The zero-order valence-electron chi connectivity index (χ0n) is 22.0. The van der Waals surface area contributed by atoms with Crippen LogP contribution in [0.4, 0.5) is 17.3 Å². The molecule has 3 aromatic rings. The van der Waals surface area contributed by atoms with Crippen LogP contribution in [0.1, 0.15) is 64.8 Å². The molecule has 1 aromatic carbocycles. The molecule has 1 aliphatic heterocycles. The summed E-state index contributed by atoms with van der Waals surface area (Å²) in [5.74, 6) is 1.18. The molecule has 0 radical (unpaired) electrons. The largest absolute Gasteiger partial charge is 0.391 e. The SMILES string of the molecule is CC(O)COC1CCN(c2ccc(Nc3ncc4ccc(=O)n(C(C)CC5CCCC5)c4n3)cc2)CC1. The highest BCUT2D eigenvalue weighted by molar-refractivity contribution is 5.76. The van der Waals surface area contributed by atoms with Gasteiger partial charge in [0.05, 0.1) is 18.8 Å². The second-order valence-corrected chi connectivity index (χ2v) is 10.8. The molecule has 0 amide bonds. The minimum atomic E-state index is -0.419. The number of aliphatic hydroxyl groups excluding tert-OH is 1. The molecule has 5 rings (SSSR count). The second-order valence-electron chi connectivity index (χ2n) is 10.8. The van der Waals surface area contributed by atoms with Crippen LogP contribution >= 0.6 is 0 Å². The molecule has 2 N–H and O–H groups in total. The van der Waals surface area contributed by atoms with Gasteiger partial charge in [0.25, 0.3) is 5.56 Å². The van der Waals surface area contributed by atoms with Crippen LogP contribution in [0.15, 0.2) is 47.4 Å². The van der Waals surface area contributed by atoms with E-state index in [-0.39, 0.29) is 17.7 Å². The van der Waals surface area contributed by atoms with Crippen LogP contribution in [0.3, 0.4) is 0 Å². The topological polar surface area (TPSA) is 92.5 Å². The standard InChI is InChI=1S/C29H39N5O3/c1-20(17-22-5-3-4-6-22)34-27(36)12-7-23-18-30-29(32-28(23)34)31-24-8-10-25(11-9-24)33-15-13-26(14-16-33)37-19-21(2)35/h7-12,18,20-22,26,35H,3-6,13-17,19H2,1-2H3,(H,30,31,32). The summed E-state index contributed by atoms with van der Waals surface area (Å²) in [6.07, 6.45) is 9.64. The highest BCUT2D eigenvalue weighted by Gasteiger charge is 2.22. The van der Waals surface area contributed by atoms with Crippen LogP contribution in [0.2, 0.25) is 0 Å². The van der Waals surface area contributed by atoms with Gasteiger partial charge in [-0.1, -0.05) is 25.7 Å². The number of hydrogen-bond acceptors (Lipinski definition) is 7. The molecule has 2 unspecified atom stereocenters. The molecular formula is C29H39N5O3. The zero-order valence-corrected chi connectivity index (χ0v) is 22.0. The number of rotatable bonds is 9. The second kappa shape index (κ2) is 11.6. The number of aliphatic hydroxyl groups is 1. The maximum atomic E-state index is 12.9. The summed E-state index contributed by atoms with van der Waals surface area (Å²) in [6, 6.07) is 11.8. The van der Waals surface area contributed by atoms with Gasteiger partial charge in [-0.25, -0.2) is 4.98 Å². The third kappa shape index (κ3) is 6.30.